The van der Waals surface area contributed by atoms with E-state index in [1.807, 2.05) is 17.0 Å². The van der Waals surface area contributed by atoms with Gasteiger partial charge in [-0.25, -0.2) is 0 Å². The van der Waals surface area contributed by atoms with E-state index in [0.717, 1.165) is 43.8 Å². The summed E-state index contributed by atoms with van der Waals surface area (Å²) in [4.78, 5) is 13.6. The van der Waals surface area contributed by atoms with E-state index >= 15 is 0 Å². The Labute approximate surface area is 131 Å². The van der Waals surface area contributed by atoms with Gasteiger partial charge in [-0.1, -0.05) is 29.8 Å². The maximum atomic E-state index is 11.6. The number of carbonyl (C=O) groups is 1. The highest BCUT2D eigenvalue weighted by molar-refractivity contribution is 6.31. The third-order valence-corrected chi connectivity index (χ3v) is 5.01. The molecular weight excluding hydrogens is 284 g/mol. The summed E-state index contributed by atoms with van der Waals surface area (Å²) < 4.78 is 0. The van der Waals surface area contributed by atoms with Crippen LogP contribution in [0.25, 0.3) is 0 Å². The van der Waals surface area contributed by atoms with E-state index in [-0.39, 0.29) is 0 Å². The fourth-order valence-corrected chi connectivity index (χ4v) is 3.79. The predicted molar refractivity (Wildman–Crippen MR) is 85.6 cm³/mol. The molecule has 1 saturated carbocycles. The van der Waals surface area contributed by atoms with Gasteiger partial charge in [0, 0.05) is 36.6 Å². The van der Waals surface area contributed by atoms with E-state index in [2.05, 4.69) is 24.4 Å². The smallest absolute Gasteiger partial charge is 0.222 e. The van der Waals surface area contributed by atoms with Gasteiger partial charge < -0.3 is 10.2 Å². The molecule has 1 amide bonds. The Balaban J connectivity index is 1.44. The quantitative estimate of drug-likeness (QED) is 0.906. The lowest BCUT2D eigenvalue weighted by Crippen LogP contribution is -2.48. The number of hydrogen-bond acceptors (Lipinski definition) is 2. The number of hydrogen-bond donors (Lipinski definition) is 1. The Morgan fingerprint density at radius 1 is 1.38 bits per heavy atom. The van der Waals surface area contributed by atoms with Crippen molar-refractivity contribution < 1.29 is 4.79 Å². The number of nitrogens with zero attached hydrogens (tertiary/aromatic N) is 1. The monoisotopic (exact) mass is 306 g/mol. The first-order valence-electron chi connectivity index (χ1n) is 7.91. The van der Waals surface area contributed by atoms with Gasteiger partial charge in [0.2, 0.25) is 5.91 Å². The van der Waals surface area contributed by atoms with Gasteiger partial charge in [0.15, 0.2) is 0 Å². The summed E-state index contributed by atoms with van der Waals surface area (Å²) in [5, 5.41) is 4.53. The Hall–Kier alpha value is -1.06. The molecule has 2 aliphatic rings. The Bertz CT molecular complexity index is 513. The molecule has 0 aromatic heterocycles. The molecule has 0 bridgehead atoms. The lowest BCUT2D eigenvalue weighted by molar-refractivity contribution is -0.128. The summed E-state index contributed by atoms with van der Waals surface area (Å²) >= 11 is 6.25. The molecule has 1 atom stereocenters. The molecule has 1 aliphatic carbocycles. The molecule has 1 aromatic rings. The highest BCUT2D eigenvalue weighted by Crippen LogP contribution is 2.40. The first-order valence-corrected chi connectivity index (χ1v) is 8.29. The largest absolute Gasteiger partial charge is 0.341 e. The predicted octanol–water partition coefficient (Wildman–Crippen LogP) is 3.19. The van der Waals surface area contributed by atoms with Gasteiger partial charge in [-0.3, -0.25) is 4.79 Å². The lowest BCUT2D eigenvalue weighted by atomic mass is 9.75. The van der Waals surface area contributed by atoms with Crippen molar-refractivity contribution in [3.63, 3.8) is 0 Å². The summed E-state index contributed by atoms with van der Waals surface area (Å²) in [5.74, 6) is 0.892. The minimum absolute atomic E-state index is 0.311. The second kappa shape index (κ2) is 6.37. The summed E-state index contributed by atoms with van der Waals surface area (Å²) in [6.45, 7) is 3.94. The van der Waals surface area contributed by atoms with Crippen LogP contribution in [0.4, 0.5) is 0 Å². The van der Waals surface area contributed by atoms with E-state index in [1.54, 1.807) is 0 Å². The normalized spacial score (nSPS) is 26.8. The second-order valence-corrected chi connectivity index (χ2v) is 6.80. The van der Waals surface area contributed by atoms with Crippen LogP contribution in [0.3, 0.4) is 0 Å². The van der Waals surface area contributed by atoms with Crippen molar-refractivity contribution in [3.05, 3.63) is 34.9 Å². The minimum Gasteiger partial charge on any atom is -0.341 e. The molecule has 21 heavy (non-hydrogen) atoms. The molecule has 1 saturated heterocycles. The van der Waals surface area contributed by atoms with E-state index in [9.17, 15) is 4.79 Å². The van der Waals surface area contributed by atoms with E-state index in [4.69, 9.17) is 11.6 Å². The van der Waals surface area contributed by atoms with Crippen LogP contribution in [-0.2, 0) is 4.79 Å². The fourth-order valence-electron chi connectivity index (χ4n) is 3.50. The number of nitrogens with one attached hydrogen (secondary N) is 1. The van der Waals surface area contributed by atoms with E-state index in [1.165, 1.54) is 5.56 Å². The van der Waals surface area contributed by atoms with Crippen LogP contribution in [0.2, 0.25) is 5.02 Å². The third-order valence-electron chi connectivity index (χ3n) is 4.67. The van der Waals surface area contributed by atoms with Crippen LogP contribution in [0.15, 0.2) is 24.3 Å². The van der Waals surface area contributed by atoms with Gasteiger partial charge in [-0.05, 0) is 43.7 Å². The zero-order valence-corrected chi connectivity index (χ0v) is 13.3. The molecule has 1 heterocycles. The number of rotatable bonds is 5. The van der Waals surface area contributed by atoms with E-state index in [0.29, 0.717) is 23.9 Å². The van der Waals surface area contributed by atoms with Gasteiger partial charge >= 0.3 is 0 Å². The summed E-state index contributed by atoms with van der Waals surface area (Å²) in [6, 6.07) is 9.07. The van der Waals surface area contributed by atoms with Gasteiger partial charge in [0.1, 0.15) is 0 Å². The molecular formula is C17H23ClN2O. The average molecular weight is 307 g/mol. The number of likely N-dealkylation sites (tertiary alicyclic amines) is 1. The Morgan fingerprint density at radius 3 is 2.81 bits per heavy atom. The molecule has 0 spiro atoms. The van der Waals surface area contributed by atoms with E-state index < -0.39 is 0 Å². The first kappa shape index (κ1) is 14.9. The number of benzene rings is 1. The van der Waals surface area contributed by atoms with Crippen LogP contribution in [-0.4, -0.2) is 36.0 Å². The third kappa shape index (κ3) is 3.41. The SMILES string of the molecule is CC(CN1CCCC1=O)NC1CC(c2ccccc2Cl)C1. The molecule has 1 unspecified atom stereocenters. The van der Waals surface area contributed by atoms with Gasteiger partial charge in [-0.15, -0.1) is 0 Å². The van der Waals surface area contributed by atoms with Crippen LogP contribution in [0, 0.1) is 0 Å². The van der Waals surface area contributed by atoms with Crippen molar-refractivity contribution in [1.29, 1.82) is 0 Å². The highest BCUT2D eigenvalue weighted by atomic mass is 35.5. The van der Waals surface area contributed by atoms with Crippen molar-refractivity contribution in [3.8, 4) is 0 Å². The van der Waals surface area contributed by atoms with Crippen molar-refractivity contribution in [2.45, 2.75) is 50.6 Å². The molecule has 0 radical (unpaired) electrons. The molecule has 1 aromatic carbocycles. The summed E-state index contributed by atoms with van der Waals surface area (Å²) in [5.41, 5.74) is 1.28. The average Bonchev–Trinajstić information content (AvgIpc) is 2.80. The number of amides is 1. The van der Waals surface area contributed by atoms with Crippen LogP contribution in [0.1, 0.15) is 44.1 Å². The summed E-state index contributed by atoms with van der Waals surface area (Å²) in [6.07, 6.45) is 4.03. The van der Waals surface area contributed by atoms with Crippen molar-refractivity contribution in [1.82, 2.24) is 10.2 Å². The standard InChI is InChI=1S/C17H23ClN2O/c1-12(11-20-8-4-7-17(20)21)19-14-9-13(10-14)15-5-2-3-6-16(15)18/h2-3,5-6,12-14,19H,4,7-11H2,1H3. The molecule has 3 nitrogen and oxygen atoms in total. The maximum Gasteiger partial charge on any atom is 0.222 e. The molecule has 114 valence electrons. The topological polar surface area (TPSA) is 32.3 Å². The zero-order valence-electron chi connectivity index (χ0n) is 12.5. The van der Waals surface area contributed by atoms with Crippen LogP contribution >= 0.6 is 11.6 Å². The van der Waals surface area contributed by atoms with Gasteiger partial charge in [0.25, 0.3) is 0 Å². The van der Waals surface area contributed by atoms with Crippen molar-refractivity contribution >= 4 is 17.5 Å². The molecule has 4 heteroatoms. The highest BCUT2D eigenvalue weighted by Gasteiger charge is 2.32. The Morgan fingerprint density at radius 2 is 2.14 bits per heavy atom. The fraction of sp³-hybridized carbons (Fsp3) is 0.588. The minimum atomic E-state index is 0.311. The second-order valence-electron chi connectivity index (χ2n) is 6.40. The van der Waals surface area contributed by atoms with Gasteiger partial charge in [-0.2, -0.15) is 0 Å². The van der Waals surface area contributed by atoms with Crippen LogP contribution < -0.4 is 5.32 Å². The van der Waals surface area contributed by atoms with Crippen LogP contribution in [0.5, 0.6) is 0 Å². The Kier molecular flexibility index (Phi) is 4.51. The zero-order chi connectivity index (χ0) is 14.8. The first-order chi connectivity index (χ1) is 10.1. The molecule has 3 rings (SSSR count). The molecule has 2 fully saturated rings. The van der Waals surface area contributed by atoms with Gasteiger partial charge in [0.05, 0.1) is 0 Å². The number of halogens is 1. The molecule has 1 N–H and O–H groups in total. The number of carbonyl (C=O) groups excluding carboxylic acids is 1. The molecule has 1 aliphatic heterocycles. The maximum absolute atomic E-state index is 11.6. The lowest BCUT2D eigenvalue weighted by Gasteiger charge is -2.39. The van der Waals surface area contributed by atoms with Crippen molar-refractivity contribution in [2.24, 2.45) is 0 Å². The summed E-state index contributed by atoms with van der Waals surface area (Å²) in [7, 11) is 0. The van der Waals surface area contributed by atoms with Crippen molar-refractivity contribution in [2.75, 3.05) is 13.1 Å².